The molecule has 1 aromatic carbocycles. The molecule has 0 amide bonds. The van der Waals surface area contributed by atoms with Gasteiger partial charge in [0.05, 0.1) is 5.69 Å². The summed E-state index contributed by atoms with van der Waals surface area (Å²) in [4.78, 5) is 14.7. The first kappa shape index (κ1) is 19.7. The van der Waals surface area contributed by atoms with E-state index in [0.29, 0.717) is 5.92 Å². The Bertz CT molecular complexity index is 798. The first-order valence-corrected chi connectivity index (χ1v) is 10.3. The Morgan fingerprint density at radius 2 is 1.59 bits per heavy atom. The first-order valence-electron chi connectivity index (χ1n) is 10.3. The Labute approximate surface area is 164 Å². The van der Waals surface area contributed by atoms with Gasteiger partial charge in [-0.25, -0.2) is 9.97 Å². The number of hydrogen-bond acceptors (Lipinski definition) is 4. The van der Waals surface area contributed by atoms with Crippen LogP contribution in [0.1, 0.15) is 66.4 Å². The van der Waals surface area contributed by atoms with Crippen LogP contribution < -0.4 is 9.80 Å². The molecule has 1 aliphatic rings. The molecule has 1 unspecified atom stereocenters. The lowest BCUT2D eigenvalue weighted by Crippen LogP contribution is -2.28. The third-order valence-electron chi connectivity index (χ3n) is 5.55. The average Bonchev–Trinajstić information content (AvgIpc) is 2.89. The molecule has 146 valence electrons. The van der Waals surface area contributed by atoms with Crippen molar-refractivity contribution in [3.63, 3.8) is 0 Å². The molecule has 2 aromatic rings. The van der Waals surface area contributed by atoms with Crippen molar-refractivity contribution < 1.29 is 0 Å². The van der Waals surface area contributed by atoms with E-state index in [1.807, 2.05) is 6.92 Å². The summed E-state index contributed by atoms with van der Waals surface area (Å²) in [5.74, 6) is 2.31. The van der Waals surface area contributed by atoms with Gasteiger partial charge >= 0.3 is 0 Å². The molecule has 0 N–H and O–H groups in total. The van der Waals surface area contributed by atoms with Crippen molar-refractivity contribution in [2.45, 2.75) is 60.3 Å². The topological polar surface area (TPSA) is 32.3 Å². The molecule has 27 heavy (non-hydrogen) atoms. The number of hydrogen-bond donors (Lipinski definition) is 0. The number of aryl methyl sites for hydroxylation is 4. The minimum absolute atomic E-state index is 0.316. The van der Waals surface area contributed by atoms with Crippen LogP contribution in [-0.4, -0.2) is 36.6 Å². The number of anilines is 2. The van der Waals surface area contributed by atoms with Crippen molar-refractivity contribution in [1.82, 2.24) is 9.97 Å². The lowest BCUT2D eigenvalue weighted by molar-refractivity contribution is 0.729. The standard InChI is InChI=1S/C23H34N4/c1-8-10-27(11-9-2)23-22-21(24-18(6)25-23)19(14-26(22)7)20-16(4)12-15(3)13-17(20)5/h12-13,19H,8-11,14H2,1-7H3. The number of rotatable bonds is 6. The van der Waals surface area contributed by atoms with E-state index in [1.165, 1.54) is 33.6 Å². The smallest absolute Gasteiger partial charge is 0.156 e. The van der Waals surface area contributed by atoms with Crippen LogP contribution in [0, 0.1) is 27.7 Å². The van der Waals surface area contributed by atoms with Crippen LogP contribution in [0.25, 0.3) is 0 Å². The Hall–Kier alpha value is -2.10. The van der Waals surface area contributed by atoms with Crippen molar-refractivity contribution in [1.29, 1.82) is 0 Å². The van der Waals surface area contributed by atoms with E-state index in [2.05, 4.69) is 63.6 Å². The van der Waals surface area contributed by atoms with E-state index >= 15 is 0 Å². The summed E-state index contributed by atoms with van der Waals surface area (Å²) >= 11 is 0. The van der Waals surface area contributed by atoms with Crippen molar-refractivity contribution in [3.05, 3.63) is 45.9 Å². The van der Waals surface area contributed by atoms with Gasteiger partial charge in [-0.1, -0.05) is 31.5 Å². The van der Waals surface area contributed by atoms with E-state index in [-0.39, 0.29) is 0 Å². The third kappa shape index (κ3) is 3.67. The van der Waals surface area contributed by atoms with Gasteiger partial charge in [-0.15, -0.1) is 0 Å². The maximum absolute atomic E-state index is 4.95. The molecule has 4 nitrogen and oxygen atoms in total. The van der Waals surface area contributed by atoms with Gasteiger partial charge in [0.15, 0.2) is 5.82 Å². The summed E-state index contributed by atoms with van der Waals surface area (Å²) in [5, 5.41) is 0. The maximum atomic E-state index is 4.95. The van der Waals surface area contributed by atoms with Gasteiger partial charge in [0, 0.05) is 32.6 Å². The normalized spacial score (nSPS) is 16.0. The van der Waals surface area contributed by atoms with Gasteiger partial charge in [-0.05, 0) is 57.2 Å². The molecule has 2 heterocycles. The van der Waals surface area contributed by atoms with E-state index in [1.54, 1.807) is 0 Å². The van der Waals surface area contributed by atoms with E-state index in [0.717, 1.165) is 44.1 Å². The van der Waals surface area contributed by atoms with Gasteiger partial charge in [0.1, 0.15) is 11.5 Å². The molecule has 0 bridgehead atoms. The summed E-state index contributed by atoms with van der Waals surface area (Å²) in [5.41, 5.74) is 7.94. The molecule has 0 saturated carbocycles. The number of fused-ring (bicyclic) bond motifs is 1. The zero-order valence-corrected chi connectivity index (χ0v) is 18.1. The number of aromatic nitrogens is 2. The molecule has 0 saturated heterocycles. The summed E-state index contributed by atoms with van der Waals surface area (Å²) in [7, 11) is 2.19. The van der Waals surface area contributed by atoms with E-state index in [4.69, 9.17) is 9.97 Å². The van der Waals surface area contributed by atoms with Crippen LogP contribution in [0.5, 0.6) is 0 Å². The summed E-state index contributed by atoms with van der Waals surface area (Å²) in [6.07, 6.45) is 2.25. The predicted molar refractivity (Wildman–Crippen MR) is 115 cm³/mol. The molecule has 4 heteroatoms. The minimum atomic E-state index is 0.316. The number of nitrogens with zero attached hydrogens (tertiary/aromatic N) is 4. The average molecular weight is 367 g/mol. The highest BCUT2D eigenvalue weighted by Crippen LogP contribution is 2.44. The predicted octanol–water partition coefficient (Wildman–Crippen LogP) is 4.92. The fourth-order valence-corrected chi connectivity index (χ4v) is 4.69. The Balaban J connectivity index is 2.15. The van der Waals surface area contributed by atoms with Crippen LogP contribution in [0.15, 0.2) is 12.1 Å². The van der Waals surface area contributed by atoms with Crippen molar-refractivity contribution in [3.8, 4) is 0 Å². The highest BCUT2D eigenvalue weighted by Gasteiger charge is 2.35. The molecular formula is C23H34N4. The quantitative estimate of drug-likeness (QED) is 0.726. The minimum Gasteiger partial charge on any atom is -0.369 e. The van der Waals surface area contributed by atoms with Crippen LogP contribution >= 0.6 is 0 Å². The SMILES string of the molecule is CCCN(CCC)c1nc(C)nc2c1N(C)CC2c1c(C)cc(C)cc1C. The molecule has 1 atom stereocenters. The molecule has 0 fully saturated rings. The van der Waals surface area contributed by atoms with Gasteiger partial charge in [-0.3, -0.25) is 0 Å². The van der Waals surface area contributed by atoms with Crippen LogP contribution in [0.4, 0.5) is 11.5 Å². The van der Waals surface area contributed by atoms with Crippen molar-refractivity contribution >= 4 is 11.5 Å². The molecule has 0 spiro atoms. The zero-order valence-electron chi connectivity index (χ0n) is 18.1. The second-order valence-electron chi connectivity index (χ2n) is 8.06. The number of benzene rings is 1. The fraction of sp³-hybridized carbons (Fsp3) is 0.565. The first-order chi connectivity index (χ1) is 12.9. The van der Waals surface area contributed by atoms with Gasteiger partial charge < -0.3 is 9.80 Å². The van der Waals surface area contributed by atoms with Crippen molar-refractivity contribution in [2.24, 2.45) is 0 Å². The zero-order chi connectivity index (χ0) is 19.7. The summed E-state index contributed by atoms with van der Waals surface area (Å²) in [6.45, 7) is 16.2. The van der Waals surface area contributed by atoms with Crippen LogP contribution in [0.2, 0.25) is 0 Å². The largest absolute Gasteiger partial charge is 0.369 e. The molecule has 1 aromatic heterocycles. The molecule has 3 rings (SSSR count). The van der Waals surface area contributed by atoms with Gasteiger partial charge in [0.25, 0.3) is 0 Å². The molecule has 0 radical (unpaired) electrons. The lowest BCUT2D eigenvalue weighted by Gasteiger charge is -2.27. The van der Waals surface area contributed by atoms with Crippen LogP contribution in [0.3, 0.4) is 0 Å². The highest BCUT2D eigenvalue weighted by molar-refractivity contribution is 5.75. The van der Waals surface area contributed by atoms with Gasteiger partial charge in [-0.2, -0.15) is 0 Å². The second kappa shape index (κ2) is 7.87. The number of likely N-dealkylation sites (N-methyl/N-ethyl adjacent to an activating group) is 1. The van der Waals surface area contributed by atoms with Crippen LogP contribution in [-0.2, 0) is 0 Å². The summed E-state index contributed by atoms with van der Waals surface area (Å²) < 4.78 is 0. The van der Waals surface area contributed by atoms with Crippen molar-refractivity contribution in [2.75, 3.05) is 36.5 Å². The highest BCUT2D eigenvalue weighted by atomic mass is 15.3. The maximum Gasteiger partial charge on any atom is 0.156 e. The summed E-state index contributed by atoms with van der Waals surface area (Å²) in [6, 6.07) is 4.60. The Morgan fingerprint density at radius 3 is 2.15 bits per heavy atom. The second-order valence-corrected chi connectivity index (χ2v) is 8.06. The van der Waals surface area contributed by atoms with E-state index < -0.39 is 0 Å². The molecule has 0 aliphatic carbocycles. The molecular weight excluding hydrogens is 332 g/mol. The van der Waals surface area contributed by atoms with Gasteiger partial charge in [0.2, 0.25) is 0 Å². The molecule has 1 aliphatic heterocycles. The fourth-order valence-electron chi connectivity index (χ4n) is 4.69. The Kier molecular flexibility index (Phi) is 5.73. The lowest BCUT2D eigenvalue weighted by atomic mass is 9.88. The monoisotopic (exact) mass is 366 g/mol. The van der Waals surface area contributed by atoms with E-state index in [9.17, 15) is 0 Å². The third-order valence-corrected chi connectivity index (χ3v) is 5.55. The Morgan fingerprint density at radius 1 is 1.00 bits per heavy atom.